The molecule has 3 nitrogen and oxygen atoms in total. The van der Waals surface area contributed by atoms with Crippen molar-refractivity contribution in [3.05, 3.63) is 29.8 Å². The summed E-state index contributed by atoms with van der Waals surface area (Å²) in [6.45, 7) is 0.722. The van der Waals surface area contributed by atoms with Crippen molar-refractivity contribution < 1.29 is 13.5 Å². The zero-order valence-electron chi connectivity index (χ0n) is 11.9. The van der Waals surface area contributed by atoms with Crippen LogP contribution in [0, 0.1) is 11.8 Å². The number of ether oxygens (including phenoxy) is 1. The Kier molecular flexibility index (Phi) is 4.94. The molecule has 1 saturated carbocycles. The Bertz CT molecular complexity index is 442. The largest absolute Gasteiger partial charge is 0.434 e. The summed E-state index contributed by atoms with van der Waals surface area (Å²) in [6, 6.07) is 6.79. The molecule has 0 bridgehead atoms. The Morgan fingerprint density at radius 1 is 1.40 bits per heavy atom. The van der Waals surface area contributed by atoms with E-state index in [-0.39, 0.29) is 11.8 Å². The highest BCUT2D eigenvalue weighted by molar-refractivity contribution is 5.36. The molecule has 0 aliphatic heterocycles. The maximum absolute atomic E-state index is 12.5. The van der Waals surface area contributed by atoms with E-state index in [4.69, 9.17) is 5.73 Å². The van der Waals surface area contributed by atoms with E-state index in [0.29, 0.717) is 12.5 Å². The van der Waals surface area contributed by atoms with E-state index >= 15 is 0 Å². The second-order valence-electron chi connectivity index (χ2n) is 5.58. The van der Waals surface area contributed by atoms with Crippen molar-refractivity contribution in [3.63, 3.8) is 0 Å². The van der Waals surface area contributed by atoms with Crippen LogP contribution in [0.3, 0.4) is 0 Å². The standard InChI is InChI=1S/C15H22F2N2O/c1-10-7-11(10)9-19(2)13(8-18)12-5-3-4-6-14(12)20-15(16)17/h3-6,10-11,13,15H,7-9,18H2,1-2H3. The minimum absolute atomic E-state index is 0.0993. The average molecular weight is 284 g/mol. The molecule has 3 atom stereocenters. The highest BCUT2D eigenvalue weighted by Crippen LogP contribution is 2.40. The Balaban J connectivity index is 2.13. The number of nitrogens with zero attached hydrogens (tertiary/aromatic N) is 1. The summed E-state index contributed by atoms with van der Waals surface area (Å²) >= 11 is 0. The first-order valence-electron chi connectivity index (χ1n) is 6.97. The van der Waals surface area contributed by atoms with E-state index < -0.39 is 6.61 Å². The highest BCUT2D eigenvalue weighted by Gasteiger charge is 2.35. The molecule has 2 N–H and O–H groups in total. The van der Waals surface area contributed by atoms with E-state index in [0.717, 1.165) is 18.0 Å². The molecule has 5 heteroatoms. The predicted octanol–water partition coefficient (Wildman–Crippen LogP) is 2.88. The van der Waals surface area contributed by atoms with Crippen LogP contribution in [0.4, 0.5) is 8.78 Å². The maximum Gasteiger partial charge on any atom is 0.387 e. The molecule has 20 heavy (non-hydrogen) atoms. The number of likely N-dealkylation sites (N-methyl/N-ethyl adjacent to an activating group) is 1. The number of hydrogen-bond acceptors (Lipinski definition) is 3. The Labute approximate surface area is 118 Å². The van der Waals surface area contributed by atoms with Crippen LogP contribution in [0.15, 0.2) is 24.3 Å². The van der Waals surface area contributed by atoms with Gasteiger partial charge in [0, 0.05) is 18.7 Å². The van der Waals surface area contributed by atoms with Crippen LogP contribution in [0.5, 0.6) is 5.75 Å². The summed E-state index contributed by atoms with van der Waals surface area (Å²) in [7, 11) is 1.99. The van der Waals surface area contributed by atoms with Gasteiger partial charge in [0.15, 0.2) is 0 Å². The first-order valence-corrected chi connectivity index (χ1v) is 6.97. The fraction of sp³-hybridized carbons (Fsp3) is 0.600. The van der Waals surface area contributed by atoms with Crippen LogP contribution >= 0.6 is 0 Å². The lowest BCUT2D eigenvalue weighted by Crippen LogP contribution is -2.32. The molecule has 112 valence electrons. The third-order valence-electron chi connectivity index (χ3n) is 4.05. The number of rotatable bonds is 7. The third kappa shape index (κ3) is 3.67. The lowest BCUT2D eigenvalue weighted by Gasteiger charge is -2.28. The molecule has 1 aliphatic carbocycles. The van der Waals surface area contributed by atoms with E-state index in [1.165, 1.54) is 6.42 Å². The second-order valence-corrected chi connectivity index (χ2v) is 5.58. The third-order valence-corrected chi connectivity index (χ3v) is 4.05. The van der Waals surface area contributed by atoms with Crippen molar-refractivity contribution in [1.82, 2.24) is 4.90 Å². The summed E-state index contributed by atoms with van der Waals surface area (Å²) in [5.41, 5.74) is 6.58. The number of hydrogen-bond donors (Lipinski definition) is 1. The minimum atomic E-state index is -2.82. The SMILES string of the molecule is CC1CC1CN(C)C(CN)c1ccccc1OC(F)F. The predicted molar refractivity (Wildman–Crippen MR) is 74.8 cm³/mol. The van der Waals surface area contributed by atoms with Crippen LogP contribution < -0.4 is 10.5 Å². The van der Waals surface area contributed by atoms with Crippen LogP contribution in [0.1, 0.15) is 24.9 Å². The number of halogens is 2. The molecule has 0 aromatic heterocycles. The summed E-state index contributed by atoms with van der Waals surface area (Å²) in [4.78, 5) is 2.14. The van der Waals surface area contributed by atoms with E-state index in [2.05, 4.69) is 16.6 Å². The van der Waals surface area contributed by atoms with Gasteiger partial charge in [-0.1, -0.05) is 25.1 Å². The Hall–Kier alpha value is -1.20. The molecule has 1 aromatic carbocycles. The zero-order chi connectivity index (χ0) is 14.7. The van der Waals surface area contributed by atoms with E-state index in [9.17, 15) is 8.78 Å². The second kappa shape index (κ2) is 6.50. The Morgan fingerprint density at radius 2 is 2.05 bits per heavy atom. The topological polar surface area (TPSA) is 38.5 Å². The molecule has 0 spiro atoms. The normalized spacial score (nSPS) is 23.1. The van der Waals surface area contributed by atoms with Gasteiger partial charge >= 0.3 is 6.61 Å². The zero-order valence-corrected chi connectivity index (χ0v) is 11.9. The molecule has 0 radical (unpaired) electrons. The van der Waals surface area contributed by atoms with Gasteiger partial charge in [-0.15, -0.1) is 0 Å². The van der Waals surface area contributed by atoms with Crippen molar-refractivity contribution in [1.29, 1.82) is 0 Å². The van der Waals surface area contributed by atoms with Crippen molar-refractivity contribution >= 4 is 0 Å². The first kappa shape index (κ1) is 15.2. The van der Waals surface area contributed by atoms with Gasteiger partial charge in [-0.25, -0.2) is 0 Å². The molecular weight excluding hydrogens is 262 g/mol. The van der Waals surface area contributed by atoms with Crippen LogP contribution in [-0.2, 0) is 0 Å². The van der Waals surface area contributed by atoms with Gasteiger partial charge in [-0.3, -0.25) is 4.90 Å². The molecule has 1 aliphatic rings. The summed E-state index contributed by atoms with van der Waals surface area (Å²) in [5.74, 6) is 1.66. The smallest absolute Gasteiger partial charge is 0.387 e. The van der Waals surface area contributed by atoms with Crippen LogP contribution in [0.2, 0.25) is 0 Å². The number of benzene rings is 1. The summed E-state index contributed by atoms with van der Waals surface area (Å²) in [5, 5.41) is 0. The van der Waals surface area contributed by atoms with Crippen LogP contribution in [-0.4, -0.2) is 31.6 Å². The van der Waals surface area contributed by atoms with Crippen molar-refractivity contribution in [2.75, 3.05) is 20.1 Å². The van der Waals surface area contributed by atoms with Crippen molar-refractivity contribution in [3.8, 4) is 5.75 Å². The fourth-order valence-corrected chi connectivity index (χ4v) is 2.65. The molecule has 1 aromatic rings. The van der Waals surface area contributed by atoms with Gasteiger partial charge in [0.25, 0.3) is 0 Å². The molecule has 0 amide bonds. The van der Waals surface area contributed by atoms with Crippen molar-refractivity contribution in [2.24, 2.45) is 17.6 Å². The average Bonchev–Trinajstić information content (AvgIpc) is 3.07. The molecule has 2 rings (SSSR count). The number of nitrogens with two attached hydrogens (primary N) is 1. The first-order chi connectivity index (χ1) is 9.52. The van der Waals surface area contributed by atoms with Crippen LogP contribution in [0.25, 0.3) is 0 Å². The highest BCUT2D eigenvalue weighted by atomic mass is 19.3. The Morgan fingerprint density at radius 3 is 2.60 bits per heavy atom. The van der Waals surface area contributed by atoms with Gasteiger partial charge in [-0.2, -0.15) is 8.78 Å². The van der Waals surface area contributed by atoms with Gasteiger partial charge in [0.1, 0.15) is 5.75 Å². The van der Waals surface area contributed by atoms with Gasteiger partial charge in [0.05, 0.1) is 6.04 Å². The number of alkyl halides is 2. The minimum Gasteiger partial charge on any atom is -0.434 e. The molecule has 1 fully saturated rings. The lowest BCUT2D eigenvalue weighted by atomic mass is 10.0. The van der Waals surface area contributed by atoms with E-state index in [1.807, 2.05) is 19.2 Å². The molecule has 0 heterocycles. The van der Waals surface area contributed by atoms with Gasteiger partial charge in [0.2, 0.25) is 0 Å². The fourth-order valence-electron chi connectivity index (χ4n) is 2.65. The molecule has 0 saturated heterocycles. The van der Waals surface area contributed by atoms with Gasteiger partial charge in [-0.05, 0) is 31.4 Å². The quantitative estimate of drug-likeness (QED) is 0.836. The van der Waals surface area contributed by atoms with E-state index in [1.54, 1.807) is 12.1 Å². The summed E-state index contributed by atoms with van der Waals surface area (Å²) < 4.78 is 29.6. The molecule has 3 unspecified atom stereocenters. The monoisotopic (exact) mass is 284 g/mol. The van der Waals surface area contributed by atoms with Gasteiger partial charge < -0.3 is 10.5 Å². The summed E-state index contributed by atoms with van der Waals surface area (Å²) in [6.07, 6.45) is 1.23. The maximum atomic E-state index is 12.5. The van der Waals surface area contributed by atoms with Crippen molar-refractivity contribution in [2.45, 2.75) is 26.0 Å². The lowest BCUT2D eigenvalue weighted by molar-refractivity contribution is -0.0511. The number of para-hydroxylation sites is 1. The molecular formula is C15H22F2N2O.